The van der Waals surface area contributed by atoms with Crippen LogP contribution in [0.15, 0.2) is 23.7 Å². The van der Waals surface area contributed by atoms with Crippen molar-refractivity contribution in [2.45, 2.75) is 31.0 Å². The van der Waals surface area contributed by atoms with Crippen LogP contribution in [-0.2, 0) is 0 Å². The van der Waals surface area contributed by atoms with Gasteiger partial charge in [-0.1, -0.05) is 29.8 Å². The van der Waals surface area contributed by atoms with Crippen LogP contribution in [0.4, 0.5) is 0 Å². The molecule has 2 aromatic heterocycles. The van der Waals surface area contributed by atoms with Crippen LogP contribution in [0.2, 0.25) is 0 Å². The predicted octanol–water partition coefficient (Wildman–Crippen LogP) is 4.57. The van der Waals surface area contributed by atoms with Gasteiger partial charge in [0.05, 0.1) is 5.69 Å². The molecule has 0 saturated heterocycles. The first-order valence-corrected chi connectivity index (χ1v) is 6.99. The van der Waals surface area contributed by atoms with Crippen molar-refractivity contribution in [2.75, 3.05) is 0 Å². The zero-order chi connectivity index (χ0) is 10.8. The molecule has 3 heteroatoms. The van der Waals surface area contributed by atoms with Gasteiger partial charge in [-0.15, -0.1) is 11.3 Å². The Morgan fingerprint density at radius 3 is 2.93 bits per heavy atom. The molecule has 80 valence electrons. The molecule has 15 heavy (non-hydrogen) atoms. The number of hydrogen-bond acceptors (Lipinski definition) is 2. The molecule has 0 aliphatic rings. The number of aromatic nitrogens is 1. The lowest BCUT2D eigenvalue weighted by molar-refractivity contribution is 0.650. The summed E-state index contributed by atoms with van der Waals surface area (Å²) in [6.07, 6.45) is 3.04. The van der Waals surface area contributed by atoms with E-state index in [1.807, 2.05) is 6.20 Å². The molecule has 2 aromatic rings. The van der Waals surface area contributed by atoms with Gasteiger partial charge in [-0.05, 0) is 23.9 Å². The van der Waals surface area contributed by atoms with Crippen LogP contribution in [0, 0.1) is 0 Å². The average Bonchev–Trinajstić information content (AvgIpc) is 2.66. The summed E-state index contributed by atoms with van der Waals surface area (Å²) < 4.78 is 1.34. The molecule has 2 atom stereocenters. The molecule has 0 spiro atoms. The van der Waals surface area contributed by atoms with Crippen LogP contribution in [0.5, 0.6) is 0 Å². The molecule has 0 radical (unpaired) electrons. The topological polar surface area (TPSA) is 12.9 Å². The van der Waals surface area contributed by atoms with Gasteiger partial charge in [-0.25, -0.2) is 0 Å². The molecule has 0 bridgehead atoms. The number of thiophene rings is 1. The van der Waals surface area contributed by atoms with Crippen LogP contribution in [0.3, 0.4) is 0 Å². The molecule has 0 N–H and O–H groups in total. The first-order valence-electron chi connectivity index (χ1n) is 5.20. The van der Waals surface area contributed by atoms with Crippen molar-refractivity contribution in [1.29, 1.82) is 0 Å². The van der Waals surface area contributed by atoms with Gasteiger partial charge in [-0.2, -0.15) is 0 Å². The maximum atomic E-state index is 4.55. The Kier molecular flexibility index (Phi) is 3.42. The van der Waals surface area contributed by atoms with E-state index in [1.165, 1.54) is 15.8 Å². The van der Waals surface area contributed by atoms with Crippen molar-refractivity contribution < 1.29 is 0 Å². The quantitative estimate of drug-likeness (QED) is 0.752. The summed E-state index contributed by atoms with van der Waals surface area (Å²) in [5, 5.41) is 3.46. The summed E-state index contributed by atoms with van der Waals surface area (Å²) in [6.45, 7) is 4.41. The first kappa shape index (κ1) is 11.1. The average molecular weight is 284 g/mol. The third kappa shape index (κ3) is 2.08. The van der Waals surface area contributed by atoms with Gasteiger partial charge in [0.25, 0.3) is 0 Å². The highest BCUT2D eigenvalue weighted by Gasteiger charge is 2.18. The predicted molar refractivity (Wildman–Crippen MR) is 71.0 cm³/mol. The van der Waals surface area contributed by atoms with Gasteiger partial charge in [0.2, 0.25) is 0 Å². The molecule has 2 rings (SSSR count). The van der Waals surface area contributed by atoms with Crippen LogP contribution in [0.1, 0.15) is 31.9 Å². The Bertz CT molecular complexity index is 450. The molecule has 2 heterocycles. The Morgan fingerprint density at radius 1 is 1.47 bits per heavy atom. The molecule has 0 aliphatic heterocycles. The van der Waals surface area contributed by atoms with Crippen LogP contribution in [0.25, 0.3) is 10.1 Å². The van der Waals surface area contributed by atoms with E-state index in [0.717, 1.165) is 6.42 Å². The van der Waals surface area contributed by atoms with Gasteiger partial charge in [0.15, 0.2) is 0 Å². The van der Waals surface area contributed by atoms with E-state index in [4.69, 9.17) is 0 Å². The largest absolute Gasteiger partial charge is 0.260 e. The van der Waals surface area contributed by atoms with E-state index in [0.29, 0.717) is 10.7 Å². The number of hydrogen-bond donors (Lipinski definition) is 0. The summed E-state index contributed by atoms with van der Waals surface area (Å²) in [5.41, 5.74) is 1.24. The fourth-order valence-electron chi connectivity index (χ4n) is 1.95. The van der Waals surface area contributed by atoms with Gasteiger partial charge >= 0.3 is 0 Å². The summed E-state index contributed by atoms with van der Waals surface area (Å²) >= 11 is 5.46. The highest BCUT2D eigenvalue weighted by atomic mass is 79.9. The summed E-state index contributed by atoms with van der Waals surface area (Å²) in [6, 6.07) is 4.27. The molecule has 0 fully saturated rings. The third-order valence-electron chi connectivity index (χ3n) is 2.76. The zero-order valence-electron chi connectivity index (χ0n) is 8.90. The van der Waals surface area contributed by atoms with Crippen molar-refractivity contribution >= 4 is 37.4 Å². The first-order chi connectivity index (χ1) is 7.24. The van der Waals surface area contributed by atoms with E-state index in [9.17, 15) is 0 Å². The van der Waals surface area contributed by atoms with E-state index in [-0.39, 0.29) is 0 Å². The summed E-state index contributed by atoms with van der Waals surface area (Å²) in [5.74, 6) is 0.503. The SMILES string of the molecule is CCC(c1nccc2sccc12)C(C)Br. The molecular weight excluding hydrogens is 270 g/mol. The van der Waals surface area contributed by atoms with E-state index >= 15 is 0 Å². The second-order valence-corrected chi connectivity index (χ2v) is 6.11. The van der Waals surface area contributed by atoms with Crippen molar-refractivity contribution in [3.63, 3.8) is 0 Å². The minimum absolute atomic E-state index is 0.473. The summed E-state index contributed by atoms with van der Waals surface area (Å²) in [7, 11) is 0. The van der Waals surface area contributed by atoms with E-state index < -0.39 is 0 Å². The fraction of sp³-hybridized carbons (Fsp3) is 0.417. The lowest BCUT2D eigenvalue weighted by atomic mass is 9.96. The van der Waals surface area contributed by atoms with E-state index in [1.54, 1.807) is 11.3 Å². The minimum atomic E-state index is 0.473. The standard InChI is InChI=1S/C12H14BrNS/c1-3-9(8(2)13)12-10-5-7-15-11(10)4-6-14-12/h4-9H,3H2,1-2H3. The fourth-order valence-corrected chi connectivity index (χ4v) is 3.36. The molecule has 0 amide bonds. The maximum absolute atomic E-state index is 4.55. The second kappa shape index (κ2) is 4.62. The molecule has 1 nitrogen and oxygen atoms in total. The summed E-state index contributed by atoms with van der Waals surface area (Å²) in [4.78, 5) is 5.02. The molecule has 2 unspecified atom stereocenters. The number of fused-ring (bicyclic) bond motifs is 1. The Hall–Kier alpha value is -0.410. The van der Waals surface area contributed by atoms with Gasteiger partial charge in [0.1, 0.15) is 0 Å². The highest BCUT2D eigenvalue weighted by Crippen LogP contribution is 2.33. The number of halogens is 1. The molecule has 0 aliphatic carbocycles. The highest BCUT2D eigenvalue weighted by molar-refractivity contribution is 9.09. The molecule has 0 saturated carbocycles. The van der Waals surface area contributed by atoms with Gasteiger partial charge in [-0.3, -0.25) is 4.98 Å². The lowest BCUT2D eigenvalue weighted by Crippen LogP contribution is -2.09. The monoisotopic (exact) mass is 283 g/mol. The van der Waals surface area contributed by atoms with Crippen molar-refractivity contribution in [3.8, 4) is 0 Å². The Labute approximate surface area is 103 Å². The van der Waals surface area contributed by atoms with Crippen molar-refractivity contribution in [3.05, 3.63) is 29.4 Å². The molecule has 0 aromatic carbocycles. The van der Waals surface area contributed by atoms with E-state index in [2.05, 4.69) is 52.3 Å². The number of rotatable bonds is 3. The second-order valence-electron chi connectivity index (χ2n) is 3.72. The number of pyridine rings is 1. The maximum Gasteiger partial charge on any atom is 0.0532 e. The van der Waals surface area contributed by atoms with Crippen LogP contribution < -0.4 is 0 Å². The lowest BCUT2D eigenvalue weighted by Gasteiger charge is -2.17. The zero-order valence-corrected chi connectivity index (χ0v) is 11.3. The smallest absolute Gasteiger partial charge is 0.0532 e. The van der Waals surface area contributed by atoms with Gasteiger partial charge in [0, 0.05) is 27.0 Å². The minimum Gasteiger partial charge on any atom is -0.260 e. The normalized spacial score (nSPS) is 15.4. The third-order valence-corrected chi connectivity index (χ3v) is 4.28. The van der Waals surface area contributed by atoms with Crippen molar-refractivity contribution in [1.82, 2.24) is 4.98 Å². The van der Waals surface area contributed by atoms with Crippen LogP contribution >= 0.6 is 27.3 Å². The molecular formula is C12H14BrNS. The van der Waals surface area contributed by atoms with Crippen LogP contribution in [-0.4, -0.2) is 9.81 Å². The van der Waals surface area contributed by atoms with Crippen molar-refractivity contribution in [2.24, 2.45) is 0 Å². The Balaban J connectivity index is 2.54. The Morgan fingerprint density at radius 2 is 2.27 bits per heavy atom. The number of alkyl halides is 1. The van der Waals surface area contributed by atoms with Gasteiger partial charge < -0.3 is 0 Å². The number of nitrogens with zero attached hydrogens (tertiary/aromatic N) is 1.